The van der Waals surface area contributed by atoms with Gasteiger partial charge in [0.15, 0.2) is 0 Å². The molecule has 72 valence electrons. The lowest BCUT2D eigenvalue weighted by atomic mass is 10.3. The van der Waals surface area contributed by atoms with Gasteiger partial charge < -0.3 is 5.32 Å². The van der Waals surface area contributed by atoms with Crippen molar-refractivity contribution in [1.29, 1.82) is 5.26 Å². The third kappa shape index (κ3) is 3.11. The summed E-state index contributed by atoms with van der Waals surface area (Å²) >= 11 is 0. The van der Waals surface area contributed by atoms with Crippen molar-refractivity contribution in [2.75, 3.05) is 11.9 Å². The van der Waals surface area contributed by atoms with Crippen LogP contribution in [0.1, 0.15) is 5.56 Å². The largest absolute Gasteiger partial charge is 0.325 e. The molecule has 0 aliphatic rings. The molecule has 2 N–H and O–H groups in total. The van der Waals surface area contributed by atoms with Gasteiger partial charge in [-0.25, -0.2) is 9.78 Å². The average Bonchev–Trinajstić information content (AvgIpc) is 2.15. The van der Waals surface area contributed by atoms with Crippen LogP contribution in [0.5, 0.6) is 0 Å². The summed E-state index contributed by atoms with van der Waals surface area (Å²) < 4.78 is 0. The van der Waals surface area contributed by atoms with E-state index < -0.39 is 6.03 Å². The van der Waals surface area contributed by atoms with Crippen LogP contribution in [-0.4, -0.2) is 17.6 Å². The molecule has 0 unspecified atom stereocenters. The van der Waals surface area contributed by atoms with E-state index >= 15 is 0 Å². The second-order valence-corrected chi connectivity index (χ2v) is 2.68. The highest BCUT2D eigenvalue weighted by atomic mass is 16.2. The minimum atomic E-state index is -0.426. The summed E-state index contributed by atoms with van der Waals surface area (Å²) in [5.74, 6) is 0.473. The normalized spacial score (nSPS) is 8.86. The molecule has 1 rings (SSSR count). The van der Waals surface area contributed by atoms with E-state index in [9.17, 15) is 4.79 Å². The molecule has 0 radical (unpaired) electrons. The number of hydrogen-bond acceptors (Lipinski definition) is 3. The molecule has 0 fully saturated rings. The number of nitriles is 1. The summed E-state index contributed by atoms with van der Waals surface area (Å²) in [7, 11) is 0. The van der Waals surface area contributed by atoms with Crippen molar-refractivity contribution in [3.8, 4) is 6.07 Å². The number of carbonyl (C=O) groups excluding carboxylic acids is 1. The van der Waals surface area contributed by atoms with Gasteiger partial charge in [0.2, 0.25) is 0 Å². The Morgan fingerprint density at radius 3 is 3.14 bits per heavy atom. The number of hydrogen-bond donors (Lipinski definition) is 2. The SMILES string of the molecule is Cc1ccnc(NC(=O)NCC#N)c1. The van der Waals surface area contributed by atoms with Crippen LogP contribution in [0.4, 0.5) is 10.6 Å². The van der Waals surface area contributed by atoms with Gasteiger partial charge in [0.25, 0.3) is 0 Å². The fourth-order valence-electron chi connectivity index (χ4n) is 0.885. The molecule has 14 heavy (non-hydrogen) atoms. The van der Waals surface area contributed by atoms with E-state index in [0.717, 1.165) is 5.56 Å². The van der Waals surface area contributed by atoms with Crippen molar-refractivity contribution >= 4 is 11.8 Å². The van der Waals surface area contributed by atoms with Gasteiger partial charge in [-0.2, -0.15) is 5.26 Å². The zero-order valence-corrected chi connectivity index (χ0v) is 7.74. The lowest BCUT2D eigenvalue weighted by molar-refractivity contribution is 0.253. The number of rotatable bonds is 2. The molecule has 0 spiro atoms. The zero-order valence-electron chi connectivity index (χ0n) is 7.74. The van der Waals surface area contributed by atoms with Crippen molar-refractivity contribution in [1.82, 2.24) is 10.3 Å². The lowest BCUT2D eigenvalue weighted by Gasteiger charge is -2.03. The van der Waals surface area contributed by atoms with Crippen LogP contribution in [0.25, 0.3) is 0 Å². The maximum Gasteiger partial charge on any atom is 0.321 e. The Morgan fingerprint density at radius 2 is 2.50 bits per heavy atom. The Morgan fingerprint density at radius 1 is 1.71 bits per heavy atom. The zero-order chi connectivity index (χ0) is 10.4. The van der Waals surface area contributed by atoms with Crippen LogP contribution in [0.15, 0.2) is 18.3 Å². The van der Waals surface area contributed by atoms with Crippen LogP contribution in [0, 0.1) is 18.3 Å². The van der Waals surface area contributed by atoms with E-state index in [2.05, 4.69) is 15.6 Å². The van der Waals surface area contributed by atoms with Gasteiger partial charge in [-0.3, -0.25) is 5.32 Å². The third-order valence-corrected chi connectivity index (χ3v) is 1.49. The van der Waals surface area contributed by atoms with E-state index in [1.807, 2.05) is 13.0 Å². The van der Waals surface area contributed by atoms with Crippen molar-refractivity contribution < 1.29 is 4.79 Å². The van der Waals surface area contributed by atoms with E-state index in [4.69, 9.17) is 5.26 Å². The maximum absolute atomic E-state index is 11.1. The number of anilines is 1. The molecule has 0 bridgehead atoms. The molecule has 1 heterocycles. The first-order chi connectivity index (χ1) is 6.72. The van der Waals surface area contributed by atoms with Gasteiger partial charge in [-0.1, -0.05) is 0 Å². The second kappa shape index (κ2) is 4.82. The Kier molecular flexibility index (Phi) is 3.44. The second-order valence-electron chi connectivity index (χ2n) is 2.68. The van der Waals surface area contributed by atoms with Crippen molar-refractivity contribution in [3.05, 3.63) is 23.9 Å². The molecule has 0 saturated carbocycles. The van der Waals surface area contributed by atoms with Crippen LogP contribution in [-0.2, 0) is 0 Å². The van der Waals surface area contributed by atoms with Crippen molar-refractivity contribution in [3.63, 3.8) is 0 Å². The fraction of sp³-hybridized carbons (Fsp3) is 0.222. The van der Waals surface area contributed by atoms with Gasteiger partial charge in [-0.15, -0.1) is 0 Å². The predicted octanol–water partition coefficient (Wildman–Crippen LogP) is 1.04. The van der Waals surface area contributed by atoms with Crippen LogP contribution in [0.3, 0.4) is 0 Å². The monoisotopic (exact) mass is 190 g/mol. The fourth-order valence-corrected chi connectivity index (χ4v) is 0.885. The van der Waals surface area contributed by atoms with Crippen LogP contribution in [0.2, 0.25) is 0 Å². The minimum absolute atomic E-state index is 0.0162. The molecule has 0 atom stereocenters. The van der Waals surface area contributed by atoms with E-state index in [1.165, 1.54) is 0 Å². The molecule has 5 nitrogen and oxygen atoms in total. The third-order valence-electron chi connectivity index (χ3n) is 1.49. The average molecular weight is 190 g/mol. The van der Waals surface area contributed by atoms with Crippen molar-refractivity contribution in [2.24, 2.45) is 0 Å². The van der Waals surface area contributed by atoms with E-state index in [0.29, 0.717) is 5.82 Å². The van der Waals surface area contributed by atoms with Crippen molar-refractivity contribution in [2.45, 2.75) is 6.92 Å². The number of nitrogens with one attached hydrogen (secondary N) is 2. The molecule has 0 aliphatic carbocycles. The van der Waals surface area contributed by atoms with Crippen LogP contribution < -0.4 is 10.6 Å². The Balaban J connectivity index is 2.53. The Labute approximate surface area is 81.8 Å². The highest BCUT2D eigenvalue weighted by Crippen LogP contribution is 2.04. The molecule has 0 aliphatic heterocycles. The first-order valence-corrected chi connectivity index (χ1v) is 4.07. The maximum atomic E-state index is 11.1. The number of pyridine rings is 1. The molecule has 1 aromatic heterocycles. The quantitative estimate of drug-likeness (QED) is 0.684. The summed E-state index contributed by atoms with van der Waals surface area (Å²) in [6, 6.07) is 4.95. The topological polar surface area (TPSA) is 77.8 Å². The molecule has 0 saturated heterocycles. The summed E-state index contributed by atoms with van der Waals surface area (Å²) in [4.78, 5) is 15.0. The van der Waals surface area contributed by atoms with Gasteiger partial charge in [0, 0.05) is 6.20 Å². The number of carbonyl (C=O) groups is 1. The predicted molar refractivity (Wildman–Crippen MR) is 51.6 cm³/mol. The highest BCUT2D eigenvalue weighted by Gasteiger charge is 2.00. The Bertz CT molecular complexity index is 369. The number of aromatic nitrogens is 1. The lowest BCUT2D eigenvalue weighted by Crippen LogP contribution is -2.29. The molecule has 1 aromatic rings. The Hall–Kier alpha value is -2.09. The first kappa shape index (κ1) is 9.99. The van der Waals surface area contributed by atoms with E-state index in [1.54, 1.807) is 18.3 Å². The summed E-state index contributed by atoms with van der Waals surface area (Å²) in [5.41, 5.74) is 1.01. The molecule has 5 heteroatoms. The number of nitrogens with zero attached hydrogens (tertiary/aromatic N) is 2. The van der Waals surface area contributed by atoms with Gasteiger partial charge in [-0.05, 0) is 24.6 Å². The molecule has 0 aromatic carbocycles. The summed E-state index contributed by atoms with van der Waals surface area (Å²) in [6.45, 7) is 1.89. The first-order valence-electron chi connectivity index (χ1n) is 4.07. The molecular weight excluding hydrogens is 180 g/mol. The standard InChI is InChI=1S/C9H10N4O/c1-7-2-4-11-8(6-7)13-9(14)12-5-3-10/h2,4,6H,5H2,1H3,(H2,11,12,13,14). The number of urea groups is 1. The molecular formula is C9H10N4O. The van der Waals surface area contributed by atoms with Crippen LogP contribution >= 0.6 is 0 Å². The summed E-state index contributed by atoms with van der Waals surface area (Å²) in [6.07, 6.45) is 1.61. The number of amides is 2. The van der Waals surface area contributed by atoms with Gasteiger partial charge in [0.05, 0.1) is 6.07 Å². The minimum Gasteiger partial charge on any atom is -0.325 e. The van der Waals surface area contributed by atoms with Gasteiger partial charge >= 0.3 is 6.03 Å². The van der Waals surface area contributed by atoms with Gasteiger partial charge in [0.1, 0.15) is 12.4 Å². The number of aryl methyl sites for hydroxylation is 1. The smallest absolute Gasteiger partial charge is 0.321 e. The molecule has 2 amide bonds. The highest BCUT2D eigenvalue weighted by molar-refractivity contribution is 5.88. The van der Waals surface area contributed by atoms with E-state index in [-0.39, 0.29) is 6.54 Å². The summed E-state index contributed by atoms with van der Waals surface area (Å²) in [5, 5.41) is 13.1.